The molecule has 122 valence electrons. The van der Waals surface area contributed by atoms with E-state index in [0.717, 1.165) is 33.3 Å². The number of phenols is 1. The summed E-state index contributed by atoms with van der Waals surface area (Å²) in [4.78, 5) is 4.75. The Morgan fingerprint density at radius 1 is 0.760 bits per heavy atom. The van der Waals surface area contributed by atoms with Crippen molar-refractivity contribution in [1.82, 2.24) is 4.98 Å². The monoisotopic (exact) mass is 365 g/mol. The summed E-state index contributed by atoms with van der Waals surface area (Å²) < 4.78 is 0. The van der Waals surface area contributed by atoms with Crippen molar-refractivity contribution in [2.45, 2.75) is 0 Å². The molecular weight excluding hydrogens is 353 g/mol. The normalized spacial score (nSPS) is 11.0. The molecule has 1 N–H and O–H groups in total. The van der Waals surface area contributed by atoms with E-state index in [9.17, 15) is 5.11 Å². The smallest absolute Gasteiger partial charge is 0.115 e. The van der Waals surface area contributed by atoms with Gasteiger partial charge in [-0.05, 0) is 60.2 Å². The van der Waals surface area contributed by atoms with Gasteiger partial charge in [0.15, 0.2) is 0 Å². The Hall–Kier alpha value is -2.55. The van der Waals surface area contributed by atoms with Gasteiger partial charge in [0.1, 0.15) is 5.75 Å². The van der Waals surface area contributed by atoms with Crippen molar-refractivity contribution in [3.8, 4) is 28.1 Å². The van der Waals surface area contributed by atoms with Gasteiger partial charge in [0.2, 0.25) is 0 Å². The van der Waals surface area contributed by atoms with Crippen molar-refractivity contribution in [2.24, 2.45) is 0 Å². The second-order valence-corrected chi connectivity index (χ2v) is 6.59. The van der Waals surface area contributed by atoms with Crippen LogP contribution in [-0.2, 0) is 0 Å². The third-order valence-corrected chi connectivity index (χ3v) is 4.66. The van der Waals surface area contributed by atoms with E-state index in [4.69, 9.17) is 28.2 Å². The van der Waals surface area contributed by atoms with Crippen LogP contribution in [0.25, 0.3) is 33.3 Å². The first-order valence-electron chi connectivity index (χ1n) is 7.76. The molecule has 0 atom stereocenters. The van der Waals surface area contributed by atoms with Crippen LogP contribution in [0.3, 0.4) is 0 Å². The Balaban J connectivity index is 2.03. The molecule has 1 aromatic heterocycles. The summed E-state index contributed by atoms with van der Waals surface area (Å²) >= 11 is 12.6. The van der Waals surface area contributed by atoms with Crippen LogP contribution in [0.1, 0.15) is 0 Å². The van der Waals surface area contributed by atoms with Gasteiger partial charge in [-0.3, -0.25) is 0 Å². The number of halogens is 2. The highest BCUT2D eigenvalue weighted by Gasteiger charge is 2.12. The second kappa shape index (κ2) is 6.40. The van der Waals surface area contributed by atoms with Crippen LogP contribution in [-0.4, -0.2) is 10.1 Å². The summed E-state index contributed by atoms with van der Waals surface area (Å²) in [6.45, 7) is 0. The Bertz CT molecular complexity index is 1070. The number of hydrogen-bond donors (Lipinski definition) is 1. The number of hydrogen-bond acceptors (Lipinski definition) is 2. The third-order valence-electron chi connectivity index (χ3n) is 4.10. The first-order valence-corrected chi connectivity index (χ1v) is 8.52. The van der Waals surface area contributed by atoms with Gasteiger partial charge in [-0.2, -0.15) is 0 Å². The van der Waals surface area contributed by atoms with Gasteiger partial charge in [0.05, 0.1) is 11.2 Å². The van der Waals surface area contributed by atoms with E-state index in [-0.39, 0.29) is 5.75 Å². The average Bonchev–Trinajstić information content (AvgIpc) is 2.62. The summed E-state index contributed by atoms with van der Waals surface area (Å²) in [6, 6.07) is 22.3. The summed E-state index contributed by atoms with van der Waals surface area (Å²) in [5, 5.41) is 11.8. The molecule has 0 saturated carbocycles. The van der Waals surface area contributed by atoms with E-state index in [1.165, 1.54) is 0 Å². The Morgan fingerprint density at radius 2 is 1.52 bits per heavy atom. The lowest BCUT2D eigenvalue weighted by atomic mass is 9.98. The number of benzene rings is 3. The fraction of sp³-hybridized carbons (Fsp3) is 0. The molecule has 3 aromatic carbocycles. The highest BCUT2D eigenvalue weighted by molar-refractivity contribution is 6.34. The van der Waals surface area contributed by atoms with Gasteiger partial charge in [-0.25, -0.2) is 4.98 Å². The number of phenolic OH excluding ortho intramolecular Hbond substituents is 1. The summed E-state index contributed by atoms with van der Waals surface area (Å²) in [7, 11) is 0. The molecule has 2 nitrogen and oxygen atoms in total. The van der Waals surface area contributed by atoms with Crippen LogP contribution in [0.5, 0.6) is 5.75 Å². The first-order chi connectivity index (χ1) is 12.1. The second-order valence-electron chi connectivity index (χ2n) is 5.74. The minimum atomic E-state index is 0.225. The average molecular weight is 366 g/mol. The molecule has 0 aliphatic rings. The molecule has 0 amide bonds. The van der Waals surface area contributed by atoms with Gasteiger partial charge in [-0.15, -0.1) is 0 Å². The quantitative estimate of drug-likeness (QED) is 0.435. The number of aromatic nitrogens is 1. The third kappa shape index (κ3) is 3.07. The van der Waals surface area contributed by atoms with Crippen molar-refractivity contribution < 1.29 is 5.11 Å². The number of fused-ring (bicyclic) bond motifs is 1. The van der Waals surface area contributed by atoms with Gasteiger partial charge in [-0.1, -0.05) is 41.4 Å². The molecule has 4 rings (SSSR count). The fourth-order valence-corrected chi connectivity index (χ4v) is 3.29. The Kier molecular flexibility index (Phi) is 4.08. The SMILES string of the molecule is Oc1ccc(-c2cc(-c3ccccc3Cl)c3cc(Cl)ccc3n2)cc1. The first kappa shape index (κ1) is 15.9. The molecule has 4 heteroatoms. The summed E-state index contributed by atoms with van der Waals surface area (Å²) in [5.41, 5.74) is 4.47. The number of pyridine rings is 1. The van der Waals surface area contributed by atoms with E-state index in [1.54, 1.807) is 12.1 Å². The van der Waals surface area contributed by atoms with Gasteiger partial charge in [0.25, 0.3) is 0 Å². The number of aromatic hydroxyl groups is 1. The van der Waals surface area contributed by atoms with Crippen molar-refractivity contribution >= 4 is 34.1 Å². The molecule has 1 heterocycles. The topological polar surface area (TPSA) is 33.1 Å². The molecular formula is C21H13Cl2NO. The summed E-state index contributed by atoms with van der Waals surface area (Å²) in [6.07, 6.45) is 0. The summed E-state index contributed by atoms with van der Waals surface area (Å²) in [5.74, 6) is 0.225. The lowest BCUT2D eigenvalue weighted by Crippen LogP contribution is -1.90. The van der Waals surface area contributed by atoms with Crippen molar-refractivity contribution in [3.63, 3.8) is 0 Å². The zero-order valence-electron chi connectivity index (χ0n) is 13.1. The Morgan fingerprint density at radius 3 is 2.28 bits per heavy atom. The van der Waals surface area contributed by atoms with Crippen molar-refractivity contribution in [1.29, 1.82) is 0 Å². The maximum Gasteiger partial charge on any atom is 0.115 e. The predicted molar refractivity (Wildman–Crippen MR) is 104 cm³/mol. The Labute approximate surface area is 155 Å². The highest BCUT2D eigenvalue weighted by atomic mass is 35.5. The molecule has 0 aliphatic carbocycles. The minimum absolute atomic E-state index is 0.225. The van der Waals surface area contributed by atoms with Crippen LogP contribution in [0.4, 0.5) is 0 Å². The molecule has 0 unspecified atom stereocenters. The molecule has 25 heavy (non-hydrogen) atoms. The molecule has 0 bridgehead atoms. The van der Waals surface area contributed by atoms with Crippen LogP contribution in [0, 0.1) is 0 Å². The lowest BCUT2D eigenvalue weighted by Gasteiger charge is -2.12. The van der Waals surface area contributed by atoms with Gasteiger partial charge >= 0.3 is 0 Å². The molecule has 0 fully saturated rings. The van der Waals surface area contributed by atoms with E-state index in [2.05, 4.69) is 0 Å². The van der Waals surface area contributed by atoms with Crippen LogP contribution >= 0.6 is 23.2 Å². The van der Waals surface area contributed by atoms with Crippen molar-refractivity contribution in [2.75, 3.05) is 0 Å². The lowest BCUT2D eigenvalue weighted by molar-refractivity contribution is 0.475. The minimum Gasteiger partial charge on any atom is -0.508 e. The van der Waals surface area contributed by atoms with Crippen LogP contribution in [0.15, 0.2) is 72.8 Å². The molecule has 4 aromatic rings. The highest BCUT2D eigenvalue weighted by Crippen LogP contribution is 2.36. The number of rotatable bonds is 2. The van der Waals surface area contributed by atoms with E-state index < -0.39 is 0 Å². The largest absolute Gasteiger partial charge is 0.508 e. The molecule has 0 radical (unpaired) electrons. The maximum absolute atomic E-state index is 9.52. The fourth-order valence-electron chi connectivity index (χ4n) is 2.88. The van der Waals surface area contributed by atoms with Gasteiger partial charge in [0, 0.05) is 26.6 Å². The maximum atomic E-state index is 9.52. The molecule has 0 spiro atoms. The van der Waals surface area contributed by atoms with Gasteiger partial charge < -0.3 is 5.11 Å². The van der Waals surface area contributed by atoms with Crippen molar-refractivity contribution in [3.05, 3.63) is 82.8 Å². The van der Waals surface area contributed by atoms with E-state index in [1.807, 2.05) is 60.7 Å². The van der Waals surface area contributed by atoms with Crippen LogP contribution in [0.2, 0.25) is 10.0 Å². The molecule has 0 aliphatic heterocycles. The van der Waals surface area contributed by atoms with E-state index in [0.29, 0.717) is 10.0 Å². The predicted octanol–water partition coefficient (Wildman–Crippen LogP) is 6.58. The number of nitrogens with zero attached hydrogens (tertiary/aromatic N) is 1. The zero-order chi connectivity index (χ0) is 17.4. The van der Waals surface area contributed by atoms with Crippen LogP contribution < -0.4 is 0 Å². The zero-order valence-corrected chi connectivity index (χ0v) is 14.6. The standard InChI is InChI=1S/C21H13Cl2NO/c22-14-7-10-20-18(11-14)17(16-3-1-2-4-19(16)23)12-21(24-20)13-5-8-15(25)9-6-13/h1-12,25H. The molecule has 0 saturated heterocycles. The van der Waals surface area contributed by atoms with E-state index >= 15 is 0 Å².